The molecule has 0 saturated carbocycles. The van der Waals surface area contributed by atoms with E-state index in [9.17, 15) is 14.0 Å². The molecule has 0 bridgehead atoms. The zero-order valence-electron chi connectivity index (χ0n) is 7.66. The van der Waals surface area contributed by atoms with Crippen molar-refractivity contribution in [2.45, 2.75) is 0 Å². The Labute approximate surface area is 84.7 Å². The van der Waals surface area contributed by atoms with Crippen LogP contribution in [0, 0.1) is 5.82 Å². The van der Waals surface area contributed by atoms with E-state index in [1.807, 2.05) is 0 Å². The molecule has 3 N–H and O–H groups in total. The molecule has 0 unspecified atom stereocenters. The van der Waals surface area contributed by atoms with Gasteiger partial charge in [-0.15, -0.1) is 0 Å². The first kappa shape index (κ1) is 9.45. The third-order valence-electron chi connectivity index (χ3n) is 2.09. The maximum atomic E-state index is 13.5. The first-order chi connectivity index (χ1) is 7.11. The van der Waals surface area contributed by atoms with Gasteiger partial charge in [0, 0.05) is 0 Å². The monoisotopic (exact) mass is 209 g/mol. The number of nitrogens with two attached hydrogens (primary N) is 1. The number of hydrogen-bond donors (Lipinski definition) is 2. The number of carbonyl (C=O) groups excluding carboxylic acids is 2. The lowest BCUT2D eigenvalue weighted by molar-refractivity contribution is -0.115. The Bertz CT molecular complexity index is 431. The molecule has 0 radical (unpaired) electrons. The third kappa shape index (κ3) is 1.39. The van der Waals surface area contributed by atoms with E-state index < -0.39 is 17.8 Å². The minimum atomic E-state index is -0.761. The molecule has 6 heteroatoms. The molecule has 1 fully saturated rings. The Balaban J connectivity index is 2.49. The highest BCUT2D eigenvalue weighted by Gasteiger charge is 2.32. The van der Waals surface area contributed by atoms with Crippen LogP contribution in [0.3, 0.4) is 0 Å². The lowest BCUT2D eigenvalue weighted by atomic mass is 10.2. The zero-order valence-corrected chi connectivity index (χ0v) is 7.66. The molecule has 0 atom stereocenters. The molecule has 1 heterocycles. The highest BCUT2D eigenvalue weighted by molar-refractivity contribution is 6.20. The number of halogens is 1. The van der Waals surface area contributed by atoms with Crippen molar-refractivity contribution in [2.75, 3.05) is 17.2 Å². The van der Waals surface area contributed by atoms with Crippen molar-refractivity contribution in [3.05, 3.63) is 24.0 Å². The van der Waals surface area contributed by atoms with E-state index in [-0.39, 0.29) is 17.9 Å². The fraction of sp³-hybridized carbons (Fsp3) is 0.111. The summed E-state index contributed by atoms with van der Waals surface area (Å²) in [4.78, 5) is 23.3. The van der Waals surface area contributed by atoms with Crippen LogP contribution >= 0.6 is 0 Å². The summed E-state index contributed by atoms with van der Waals surface area (Å²) < 4.78 is 13.5. The molecule has 5 nitrogen and oxygen atoms in total. The van der Waals surface area contributed by atoms with Gasteiger partial charge in [-0.05, 0) is 12.1 Å². The maximum absolute atomic E-state index is 13.5. The van der Waals surface area contributed by atoms with Crippen LogP contribution in [-0.2, 0) is 4.79 Å². The summed E-state index contributed by atoms with van der Waals surface area (Å²) in [5, 5.41) is 2.29. The number of carbonyl (C=O) groups is 2. The fourth-order valence-electron chi connectivity index (χ4n) is 1.38. The molecule has 2 rings (SSSR count). The van der Waals surface area contributed by atoms with Crippen LogP contribution in [0.2, 0.25) is 0 Å². The molecule has 0 aromatic heterocycles. The van der Waals surface area contributed by atoms with Crippen LogP contribution < -0.4 is 16.0 Å². The van der Waals surface area contributed by atoms with Crippen molar-refractivity contribution in [2.24, 2.45) is 0 Å². The van der Waals surface area contributed by atoms with Gasteiger partial charge in [0.2, 0.25) is 0 Å². The number of benzene rings is 1. The summed E-state index contributed by atoms with van der Waals surface area (Å²) in [6.07, 6.45) is 0. The number of nitrogens with one attached hydrogen (secondary N) is 1. The molecule has 3 amide bonds. The van der Waals surface area contributed by atoms with Crippen LogP contribution in [0.1, 0.15) is 0 Å². The second-order valence-electron chi connectivity index (χ2n) is 3.07. The van der Waals surface area contributed by atoms with Gasteiger partial charge in [0.25, 0.3) is 5.91 Å². The molecule has 1 aromatic rings. The Morgan fingerprint density at radius 1 is 1.40 bits per heavy atom. The summed E-state index contributed by atoms with van der Waals surface area (Å²) in [5.74, 6) is -1.26. The molecule has 1 aliphatic rings. The van der Waals surface area contributed by atoms with E-state index in [1.54, 1.807) is 0 Å². The van der Waals surface area contributed by atoms with Crippen molar-refractivity contribution >= 4 is 23.3 Å². The fourth-order valence-corrected chi connectivity index (χ4v) is 1.38. The van der Waals surface area contributed by atoms with E-state index >= 15 is 0 Å². The Morgan fingerprint density at radius 2 is 2.13 bits per heavy atom. The minimum absolute atomic E-state index is 0.0972. The van der Waals surface area contributed by atoms with Gasteiger partial charge in [-0.2, -0.15) is 0 Å². The van der Waals surface area contributed by atoms with Crippen molar-refractivity contribution < 1.29 is 14.0 Å². The molecule has 1 saturated heterocycles. The van der Waals surface area contributed by atoms with Crippen molar-refractivity contribution in [1.82, 2.24) is 5.32 Å². The van der Waals surface area contributed by atoms with E-state index in [2.05, 4.69) is 5.32 Å². The number of nitrogen functional groups attached to an aromatic ring is 1. The molecule has 15 heavy (non-hydrogen) atoms. The number of anilines is 2. The van der Waals surface area contributed by atoms with Gasteiger partial charge in [-0.25, -0.2) is 14.1 Å². The molecule has 1 aromatic carbocycles. The highest BCUT2D eigenvalue weighted by atomic mass is 19.1. The Morgan fingerprint density at radius 3 is 2.73 bits per heavy atom. The van der Waals surface area contributed by atoms with Gasteiger partial charge in [0.15, 0.2) is 5.82 Å². The Kier molecular flexibility index (Phi) is 2.03. The standard InChI is InChI=1S/C9H8FN3O2/c10-8-5(11)2-1-3-6(8)13-7(14)4-12-9(13)15/h1-3H,4,11H2,(H,12,15). The molecule has 1 aliphatic heterocycles. The van der Waals surface area contributed by atoms with Crippen molar-refractivity contribution in [1.29, 1.82) is 0 Å². The lowest BCUT2D eigenvalue weighted by Gasteiger charge is -2.13. The number of rotatable bonds is 1. The molecule has 0 spiro atoms. The molecule has 0 aliphatic carbocycles. The second kappa shape index (κ2) is 3.23. The van der Waals surface area contributed by atoms with Crippen LogP contribution in [-0.4, -0.2) is 18.5 Å². The average Bonchev–Trinajstić information content (AvgIpc) is 2.52. The highest BCUT2D eigenvalue weighted by Crippen LogP contribution is 2.25. The number of nitrogens with zero attached hydrogens (tertiary/aromatic N) is 1. The van der Waals surface area contributed by atoms with Gasteiger partial charge < -0.3 is 11.1 Å². The maximum Gasteiger partial charge on any atom is 0.329 e. The van der Waals surface area contributed by atoms with Crippen molar-refractivity contribution in [3.8, 4) is 0 Å². The predicted octanol–water partition coefficient (Wildman–Crippen LogP) is 0.464. The summed E-state index contributed by atoms with van der Waals surface area (Å²) in [6, 6.07) is 3.53. The van der Waals surface area contributed by atoms with E-state index in [0.717, 1.165) is 4.90 Å². The van der Waals surface area contributed by atoms with Gasteiger partial charge in [-0.1, -0.05) is 6.07 Å². The molecular formula is C9H8FN3O2. The number of urea groups is 1. The number of hydrogen-bond acceptors (Lipinski definition) is 3. The van der Waals surface area contributed by atoms with Gasteiger partial charge in [0.1, 0.15) is 0 Å². The first-order valence-corrected chi connectivity index (χ1v) is 4.26. The number of imide groups is 1. The van der Waals surface area contributed by atoms with E-state index in [4.69, 9.17) is 5.73 Å². The minimum Gasteiger partial charge on any atom is -0.396 e. The van der Waals surface area contributed by atoms with Gasteiger partial charge in [0.05, 0.1) is 17.9 Å². The van der Waals surface area contributed by atoms with Crippen LogP contribution in [0.5, 0.6) is 0 Å². The lowest BCUT2D eigenvalue weighted by Crippen LogP contribution is -2.31. The predicted molar refractivity (Wildman–Crippen MR) is 51.7 cm³/mol. The molecular weight excluding hydrogens is 201 g/mol. The van der Waals surface area contributed by atoms with E-state index in [1.165, 1.54) is 18.2 Å². The second-order valence-corrected chi connectivity index (χ2v) is 3.07. The van der Waals surface area contributed by atoms with E-state index in [0.29, 0.717) is 0 Å². The Hall–Kier alpha value is -2.11. The average molecular weight is 209 g/mol. The normalized spacial score (nSPS) is 15.7. The third-order valence-corrected chi connectivity index (χ3v) is 2.09. The van der Waals surface area contributed by atoms with Gasteiger partial charge in [-0.3, -0.25) is 4.79 Å². The first-order valence-electron chi connectivity index (χ1n) is 4.26. The summed E-state index contributed by atoms with van der Waals surface area (Å²) in [6.45, 7) is -0.118. The largest absolute Gasteiger partial charge is 0.396 e. The molecule has 78 valence electrons. The van der Waals surface area contributed by atoms with Crippen LogP contribution in [0.15, 0.2) is 18.2 Å². The smallest absolute Gasteiger partial charge is 0.329 e. The topological polar surface area (TPSA) is 75.4 Å². The zero-order chi connectivity index (χ0) is 11.0. The summed E-state index contributed by atoms with van der Waals surface area (Å²) in [7, 11) is 0. The van der Waals surface area contributed by atoms with Crippen LogP contribution in [0.4, 0.5) is 20.6 Å². The van der Waals surface area contributed by atoms with Crippen LogP contribution in [0.25, 0.3) is 0 Å². The number of amides is 3. The summed E-state index contributed by atoms with van der Waals surface area (Å²) >= 11 is 0. The van der Waals surface area contributed by atoms with Crippen molar-refractivity contribution in [3.63, 3.8) is 0 Å². The summed E-state index contributed by atoms with van der Waals surface area (Å²) in [5.41, 5.74) is 5.12. The SMILES string of the molecule is Nc1cccc(N2C(=O)CNC2=O)c1F. The quantitative estimate of drug-likeness (QED) is 0.521. The van der Waals surface area contributed by atoms with Gasteiger partial charge >= 0.3 is 6.03 Å².